The van der Waals surface area contributed by atoms with Gasteiger partial charge in [-0.25, -0.2) is 9.78 Å². The monoisotopic (exact) mass is 362 g/mol. The molecule has 25 heavy (non-hydrogen) atoms. The van der Waals surface area contributed by atoms with Crippen LogP contribution in [0, 0.1) is 6.92 Å². The highest BCUT2D eigenvalue weighted by atomic mass is 32.1. The van der Waals surface area contributed by atoms with Gasteiger partial charge < -0.3 is 14.2 Å². The predicted octanol–water partition coefficient (Wildman–Crippen LogP) is 2.91. The summed E-state index contributed by atoms with van der Waals surface area (Å²) >= 11 is 1.06. The minimum Gasteiger partial charge on any atom is -0.493 e. The lowest BCUT2D eigenvalue weighted by Gasteiger charge is -2.09. The molecular formula is C17H18N2O5S. The van der Waals surface area contributed by atoms with Gasteiger partial charge in [-0.3, -0.25) is 10.1 Å². The third kappa shape index (κ3) is 4.36. The van der Waals surface area contributed by atoms with E-state index in [9.17, 15) is 9.59 Å². The Bertz CT molecular complexity index is 813. The summed E-state index contributed by atoms with van der Waals surface area (Å²) in [7, 11) is 4.37. The standard InChI is InChI=1S/C17H18N2O5S/c1-10-15(16(21)24-4)25-17(18-10)19-13(20)9-8-11-6-5-7-12(22-2)14(11)23-3/h5-9H,1-4H3,(H,18,19,20). The van der Waals surface area contributed by atoms with Gasteiger partial charge in [0.2, 0.25) is 5.91 Å². The second kappa shape index (κ2) is 8.29. The number of benzene rings is 1. The Labute approximate surface area is 149 Å². The van der Waals surface area contributed by atoms with E-state index in [1.54, 1.807) is 38.3 Å². The fraction of sp³-hybridized carbons (Fsp3) is 0.235. The molecular weight excluding hydrogens is 344 g/mol. The van der Waals surface area contributed by atoms with Crippen LogP contribution in [-0.4, -0.2) is 38.2 Å². The first-order valence-electron chi connectivity index (χ1n) is 7.26. The third-order valence-electron chi connectivity index (χ3n) is 3.25. The van der Waals surface area contributed by atoms with Crippen molar-refractivity contribution in [1.82, 2.24) is 4.98 Å². The molecule has 1 aromatic carbocycles. The van der Waals surface area contributed by atoms with Crippen molar-refractivity contribution in [2.75, 3.05) is 26.6 Å². The van der Waals surface area contributed by atoms with Gasteiger partial charge in [-0.15, -0.1) is 0 Å². The molecule has 1 N–H and O–H groups in total. The number of anilines is 1. The maximum absolute atomic E-state index is 12.1. The summed E-state index contributed by atoms with van der Waals surface area (Å²) in [6, 6.07) is 5.36. The number of ether oxygens (including phenoxy) is 3. The van der Waals surface area contributed by atoms with Gasteiger partial charge in [0, 0.05) is 11.6 Å². The van der Waals surface area contributed by atoms with Crippen molar-refractivity contribution in [3.63, 3.8) is 0 Å². The number of methoxy groups -OCH3 is 3. The second-order valence-electron chi connectivity index (χ2n) is 4.83. The van der Waals surface area contributed by atoms with Crippen molar-refractivity contribution in [1.29, 1.82) is 0 Å². The van der Waals surface area contributed by atoms with Crippen LogP contribution < -0.4 is 14.8 Å². The highest BCUT2D eigenvalue weighted by molar-refractivity contribution is 7.17. The average molecular weight is 362 g/mol. The summed E-state index contributed by atoms with van der Waals surface area (Å²) in [4.78, 5) is 28.2. The van der Waals surface area contributed by atoms with Gasteiger partial charge in [0.15, 0.2) is 16.6 Å². The normalized spacial score (nSPS) is 10.6. The highest BCUT2D eigenvalue weighted by Crippen LogP contribution is 2.31. The molecule has 0 aliphatic carbocycles. The molecule has 0 radical (unpaired) electrons. The first-order valence-corrected chi connectivity index (χ1v) is 8.07. The number of carbonyl (C=O) groups is 2. The van der Waals surface area contributed by atoms with Crippen molar-refractivity contribution in [3.8, 4) is 11.5 Å². The SMILES string of the molecule is COC(=O)c1sc(NC(=O)C=Cc2cccc(OC)c2OC)nc1C. The molecule has 0 saturated heterocycles. The molecule has 0 atom stereocenters. The quantitative estimate of drug-likeness (QED) is 0.628. The summed E-state index contributed by atoms with van der Waals surface area (Å²) in [5, 5.41) is 2.94. The molecule has 1 heterocycles. The van der Waals surface area contributed by atoms with E-state index < -0.39 is 5.97 Å². The van der Waals surface area contributed by atoms with Crippen LogP contribution in [0.2, 0.25) is 0 Å². The Balaban J connectivity index is 2.13. The van der Waals surface area contributed by atoms with E-state index in [1.165, 1.54) is 20.3 Å². The first kappa shape index (κ1) is 18.5. The number of hydrogen-bond donors (Lipinski definition) is 1. The van der Waals surface area contributed by atoms with Crippen molar-refractivity contribution in [3.05, 3.63) is 40.4 Å². The molecule has 7 nitrogen and oxygen atoms in total. The predicted molar refractivity (Wildman–Crippen MR) is 95.4 cm³/mol. The largest absolute Gasteiger partial charge is 0.493 e. The zero-order valence-electron chi connectivity index (χ0n) is 14.3. The van der Waals surface area contributed by atoms with Crippen LogP contribution >= 0.6 is 11.3 Å². The van der Waals surface area contributed by atoms with Crippen LogP contribution in [0.3, 0.4) is 0 Å². The van der Waals surface area contributed by atoms with Crippen LogP contribution in [0.1, 0.15) is 20.9 Å². The lowest BCUT2D eigenvalue weighted by molar-refractivity contribution is -0.111. The van der Waals surface area contributed by atoms with Crippen LogP contribution in [0.4, 0.5) is 5.13 Å². The Hall–Kier alpha value is -2.87. The highest BCUT2D eigenvalue weighted by Gasteiger charge is 2.16. The van der Waals surface area contributed by atoms with Gasteiger partial charge in [0.05, 0.1) is 27.0 Å². The molecule has 0 spiro atoms. The Morgan fingerprint density at radius 2 is 1.96 bits per heavy atom. The van der Waals surface area contributed by atoms with Gasteiger partial charge in [0.25, 0.3) is 0 Å². The summed E-state index contributed by atoms with van der Waals surface area (Å²) in [6.07, 6.45) is 2.96. The Morgan fingerprint density at radius 3 is 2.60 bits per heavy atom. The summed E-state index contributed by atoms with van der Waals surface area (Å²) in [5.74, 6) is 0.248. The maximum Gasteiger partial charge on any atom is 0.350 e. The van der Waals surface area contributed by atoms with Crippen molar-refractivity contribution < 1.29 is 23.8 Å². The van der Waals surface area contributed by atoms with Gasteiger partial charge >= 0.3 is 5.97 Å². The Morgan fingerprint density at radius 1 is 1.20 bits per heavy atom. The van der Waals surface area contributed by atoms with E-state index in [0.717, 1.165) is 11.3 Å². The molecule has 1 aromatic heterocycles. The number of aryl methyl sites for hydroxylation is 1. The molecule has 2 rings (SSSR count). The Kier molecular flexibility index (Phi) is 6.13. The summed E-state index contributed by atoms with van der Waals surface area (Å²) < 4.78 is 15.2. The molecule has 0 unspecified atom stereocenters. The number of para-hydroxylation sites is 1. The molecule has 1 amide bonds. The molecule has 0 aliphatic heterocycles. The van der Waals surface area contributed by atoms with E-state index >= 15 is 0 Å². The number of rotatable bonds is 6. The van der Waals surface area contributed by atoms with E-state index in [1.807, 2.05) is 0 Å². The second-order valence-corrected chi connectivity index (χ2v) is 5.83. The average Bonchev–Trinajstić information content (AvgIpc) is 2.98. The first-order chi connectivity index (χ1) is 12.0. The number of amides is 1. The minimum absolute atomic E-state index is 0.324. The van der Waals surface area contributed by atoms with Gasteiger partial charge in [-0.05, 0) is 19.1 Å². The van der Waals surface area contributed by atoms with Crippen LogP contribution in [0.15, 0.2) is 24.3 Å². The number of aromatic nitrogens is 1. The lowest BCUT2D eigenvalue weighted by atomic mass is 10.1. The molecule has 132 valence electrons. The van der Waals surface area contributed by atoms with E-state index in [0.29, 0.717) is 32.8 Å². The van der Waals surface area contributed by atoms with Crippen molar-refractivity contribution in [2.24, 2.45) is 0 Å². The molecule has 0 bridgehead atoms. The number of nitrogens with one attached hydrogen (secondary N) is 1. The fourth-order valence-corrected chi connectivity index (χ4v) is 2.98. The molecule has 0 fully saturated rings. The van der Waals surface area contributed by atoms with E-state index in [2.05, 4.69) is 15.0 Å². The smallest absolute Gasteiger partial charge is 0.350 e. The van der Waals surface area contributed by atoms with Gasteiger partial charge in [-0.1, -0.05) is 23.5 Å². The van der Waals surface area contributed by atoms with Crippen LogP contribution in [-0.2, 0) is 9.53 Å². The number of nitrogens with zero attached hydrogens (tertiary/aromatic N) is 1. The van der Waals surface area contributed by atoms with Crippen molar-refractivity contribution >= 4 is 34.4 Å². The molecule has 0 aliphatic rings. The maximum atomic E-state index is 12.1. The molecule has 2 aromatic rings. The number of hydrogen-bond acceptors (Lipinski definition) is 7. The number of thiazole rings is 1. The number of carbonyl (C=O) groups excluding carboxylic acids is 2. The van der Waals surface area contributed by atoms with Crippen LogP contribution in [0.5, 0.6) is 11.5 Å². The van der Waals surface area contributed by atoms with Crippen LogP contribution in [0.25, 0.3) is 6.08 Å². The lowest BCUT2D eigenvalue weighted by Crippen LogP contribution is -2.07. The third-order valence-corrected chi connectivity index (χ3v) is 4.30. The molecule has 0 saturated carbocycles. The van der Waals surface area contributed by atoms with Crippen molar-refractivity contribution in [2.45, 2.75) is 6.92 Å². The molecule has 8 heteroatoms. The van der Waals surface area contributed by atoms with E-state index in [-0.39, 0.29) is 5.91 Å². The summed E-state index contributed by atoms with van der Waals surface area (Å²) in [6.45, 7) is 1.68. The van der Waals surface area contributed by atoms with Gasteiger partial charge in [0.1, 0.15) is 4.88 Å². The van der Waals surface area contributed by atoms with E-state index in [4.69, 9.17) is 9.47 Å². The minimum atomic E-state index is -0.479. The fourth-order valence-electron chi connectivity index (χ4n) is 2.09. The summed E-state index contributed by atoms with van der Waals surface area (Å²) in [5.41, 5.74) is 1.20. The zero-order valence-corrected chi connectivity index (χ0v) is 15.1. The van der Waals surface area contributed by atoms with Gasteiger partial charge in [-0.2, -0.15) is 0 Å². The topological polar surface area (TPSA) is 86.8 Å². The zero-order chi connectivity index (χ0) is 18.4. The number of esters is 1.